The Labute approximate surface area is 579 Å². The van der Waals surface area contributed by atoms with Gasteiger partial charge in [-0.3, -0.25) is 0 Å². The van der Waals surface area contributed by atoms with Crippen molar-refractivity contribution in [3.05, 3.63) is 344 Å². The smallest absolute Gasteiger partial charge is 0.187 e. The first-order valence-electron chi connectivity index (χ1n) is 34.2. The molecule has 0 spiro atoms. The van der Waals surface area contributed by atoms with Gasteiger partial charge < -0.3 is 27.4 Å². The van der Waals surface area contributed by atoms with Crippen molar-refractivity contribution in [1.29, 1.82) is 5.26 Å². The van der Waals surface area contributed by atoms with E-state index in [1.807, 2.05) is 18.2 Å². The predicted molar refractivity (Wildman–Crippen MR) is 419 cm³/mol. The first-order chi connectivity index (χ1) is 49.9. The van der Waals surface area contributed by atoms with Crippen molar-refractivity contribution in [2.45, 2.75) is 6.92 Å². The number of nitriles is 1. The third kappa shape index (κ3) is 8.16. The quantitative estimate of drug-likeness (QED) is 0.140. The van der Waals surface area contributed by atoms with E-state index in [0.717, 1.165) is 150 Å². The van der Waals surface area contributed by atoms with E-state index in [1.165, 1.54) is 43.1 Å². The maximum Gasteiger partial charge on any atom is 0.187 e. The van der Waals surface area contributed by atoms with Crippen molar-refractivity contribution >= 4 is 137 Å². The molecule has 21 rings (SSSR count). The van der Waals surface area contributed by atoms with Crippen molar-refractivity contribution in [3.8, 4) is 62.4 Å². The van der Waals surface area contributed by atoms with Gasteiger partial charge in [0, 0.05) is 98.5 Å². The molecule has 8 nitrogen and oxygen atoms in total. The molecule has 0 radical (unpaired) electrons. The van der Waals surface area contributed by atoms with E-state index >= 15 is 0 Å². The van der Waals surface area contributed by atoms with E-state index in [9.17, 15) is 5.26 Å². The van der Waals surface area contributed by atoms with Crippen LogP contribution in [0, 0.1) is 24.8 Å². The normalized spacial score (nSPS) is 12.0. The van der Waals surface area contributed by atoms with E-state index in [0.29, 0.717) is 11.3 Å². The first-order valence-corrected chi connectivity index (χ1v) is 34.2. The maximum absolute atomic E-state index is 11.2. The number of benzene rings is 15. The van der Waals surface area contributed by atoms with Gasteiger partial charge in [-0.25, -0.2) is 4.85 Å². The Morgan fingerprint density at radius 1 is 0.257 bits per heavy atom. The number of para-hydroxylation sites is 8. The highest BCUT2D eigenvalue weighted by atomic mass is 15.0. The molecule has 468 valence electrons. The second-order valence-electron chi connectivity index (χ2n) is 26.6. The van der Waals surface area contributed by atoms with E-state index in [-0.39, 0.29) is 0 Å². The van der Waals surface area contributed by atoms with Crippen LogP contribution < -0.4 is 0 Å². The minimum atomic E-state index is 0.545. The van der Waals surface area contributed by atoms with E-state index in [4.69, 9.17) is 6.57 Å². The molecule has 8 heteroatoms. The van der Waals surface area contributed by atoms with Crippen LogP contribution in [0.3, 0.4) is 0 Å². The third-order valence-electron chi connectivity index (χ3n) is 21.4. The molecule has 6 heterocycles. The Balaban J connectivity index is 0.858. The molecule has 0 aliphatic heterocycles. The number of aromatic nitrogens is 6. The van der Waals surface area contributed by atoms with Gasteiger partial charge in [-0.2, -0.15) is 5.26 Å². The number of hydrogen-bond donors (Lipinski definition) is 0. The molecule has 0 fully saturated rings. The van der Waals surface area contributed by atoms with Crippen LogP contribution in [0.5, 0.6) is 0 Å². The van der Waals surface area contributed by atoms with Crippen molar-refractivity contribution in [2.24, 2.45) is 0 Å². The summed E-state index contributed by atoms with van der Waals surface area (Å²) in [5.74, 6) is 0. The summed E-state index contributed by atoms with van der Waals surface area (Å²) in [6.07, 6.45) is 0. The summed E-state index contributed by atoms with van der Waals surface area (Å²) in [6.45, 7) is 10.1. The molecular formula is C93H56N8. The largest absolute Gasteiger partial charge is 0.309 e. The standard InChI is InChI=1S/C93H56N8/c1-57-49-60(95-2)37-44-65(57)59-36-43-75(93(51-59)101-90-47-40-63(98-84-31-15-7-23-70(84)71-24-8-16-32-85(71)98)54-78(90)79-55-64(41-48-91(79)101)99-86-33-17-9-25-72(86)73-26-10-18-34-87(73)99)74-42-35-58(56-94)50-92(74)100-88-45-38-61(96-80-27-11-3-19-66(80)67-20-4-12-28-81(67)96)52-76(88)77-53-62(39-46-89(77)100)97-82-29-13-5-21-68(82)69-22-6-14-30-83(69)97/h3-55H,1H3. The second-order valence-corrected chi connectivity index (χ2v) is 26.6. The van der Waals surface area contributed by atoms with Crippen molar-refractivity contribution in [2.75, 3.05) is 0 Å². The van der Waals surface area contributed by atoms with Crippen molar-refractivity contribution < 1.29 is 0 Å². The van der Waals surface area contributed by atoms with Crippen LogP contribution in [0.15, 0.2) is 322 Å². The Bertz CT molecular complexity index is 6710. The highest BCUT2D eigenvalue weighted by Gasteiger charge is 2.26. The Hall–Kier alpha value is -13.9. The summed E-state index contributed by atoms with van der Waals surface area (Å²) in [5, 5.41) is 25.1. The van der Waals surface area contributed by atoms with Crippen LogP contribution in [-0.4, -0.2) is 27.4 Å². The topological polar surface area (TPSA) is 57.7 Å². The molecular weight excluding hydrogens is 1230 g/mol. The lowest BCUT2D eigenvalue weighted by atomic mass is 9.94. The zero-order valence-corrected chi connectivity index (χ0v) is 54.7. The summed E-state index contributed by atoms with van der Waals surface area (Å²) in [4.78, 5) is 3.85. The van der Waals surface area contributed by atoms with Crippen LogP contribution >= 0.6 is 0 Å². The molecule has 0 aliphatic rings. The molecule has 0 bridgehead atoms. The zero-order chi connectivity index (χ0) is 66.7. The van der Waals surface area contributed by atoms with Gasteiger partial charge in [-0.1, -0.05) is 188 Å². The third-order valence-corrected chi connectivity index (χ3v) is 21.4. The lowest BCUT2D eigenvalue weighted by molar-refractivity contribution is 1.15. The lowest BCUT2D eigenvalue weighted by Crippen LogP contribution is -2.03. The summed E-state index contributed by atoms with van der Waals surface area (Å²) < 4.78 is 14.5. The molecule has 15 aromatic carbocycles. The van der Waals surface area contributed by atoms with Gasteiger partial charge in [0.2, 0.25) is 0 Å². The van der Waals surface area contributed by atoms with Gasteiger partial charge in [-0.15, -0.1) is 0 Å². The molecule has 0 unspecified atom stereocenters. The highest BCUT2D eigenvalue weighted by Crippen LogP contribution is 2.47. The highest BCUT2D eigenvalue weighted by molar-refractivity contribution is 6.17. The van der Waals surface area contributed by atoms with Gasteiger partial charge in [0.15, 0.2) is 5.69 Å². The Morgan fingerprint density at radius 2 is 0.535 bits per heavy atom. The summed E-state index contributed by atoms with van der Waals surface area (Å²) in [6, 6.07) is 119. The number of rotatable bonds is 8. The van der Waals surface area contributed by atoms with Crippen LogP contribution in [0.1, 0.15) is 11.1 Å². The molecule has 21 aromatic rings. The molecule has 0 saturated heterocycles. The number of nitrogens with zero attached hydrogens (tertiary/aromatic N) is 8. The monoisotopic (exact) mass is 1280 g/mol. The van der Waals surface area contributed by atoms with Crippen LogP contribution in [0.25, 0.3) is 192 Å². The minimum Gasteiger partial charge on any atom is -0.309 e. The van der Waals surface area contributed by atoms with E-state index < -0.39 is 0 Å². The van der Waals surface area contributed by atoms with E-state index in [1.54, 1.807) is 0 Å². The van der Waals surface area contributed by atoms with Crippen LogP contribution in [-0.2, 0) is 0 Å². The fourth-order valence-electron chi connectivity index (χ4n) is 17.0. The Morgan fingerprint density at radius 3 is 0.832 bits per heavy atom. The predicted octanol–water partition coefficient (Wildman–Crippen LogP) is 24.3. The molecule has 6 aromatic heterocycles. The number of hydrogen-bond acceptors (Lipinski definition) is 1. The maximum atomic E-state index is 11.2. The van der Waals surface area contributed by atoms with Gasteiger partial charge in [0.1, 0.15) is 0 Å². The molecule has 0 N–H and O–H groups in total. The lowest BCUT2D eigenvalue weighted by Gasteiger charge is -2.21. The number of fused-ring (bicyclic) bond motifs is 18. The average molecular weight is 1290 g/mol. The fraction of sp³-hybridized carbons (Fsp3) is 0.0108. The molecule has 101 heavy (non-hydrogen) atoms. The van der Waals surface area contributed by atoms with Crippen molar-refractivity contribution in [1.82, 2.24) is 27.4 Å². The first kappa shape index (κ1) is 56.3. The zero-order valence-electron chi connectivity index (χ0n) is 54.7. The Kier molecular flexibility index (Phi) is 12.0. The fourth-order valence-corrected chi connectivity index (χ4v) is 17.0. The summed E-state index contributed by atoms with van der Waals surface area (Å²) >= 11 is 0. The van der Waals surface area contributed by atoms with Gasteiger partial charge in [-0.05, 0) is 158 Å². The van der Waals surface area contributed by atoms with Gasteiger partial charge >= 0.3 is 0 Å². The molecule has 0 aliphatic carbocycles. The summed E-state index contributed by atoms with van der Waals surface area (Å²) in [7, 11) is 0. The minimum absolute atomic E-state index is 0.545. The van der Waals surface area contributed by atoms with Crippen LogP contribution in [0.2, 0.25) is 0 Å². The van der Waals surface area contributed by atoms with Crippen LogP contribution in [0.4, 0.5) is 5.69 Å². The van der Waals surface area contributed by atoms with Crippen molar-refractivity contribution in [3.63, 3.8) is 0 Å². The SMILES string of the molecule is [C-]#[N+]c1ccc(-c2ccc(-c3ccc(C#N)cc3-n3c4ccc(-n5c6ccccc6c6ccccc65)cc4c4cc(-n5c6ccccc6c6ccccc65)ccc43)c(-n3c4ccc(-n5c6ccccc6c6ccccc65)cc4c4cc(-n5c6ccccc6c6ccccc65)ccc43)c2)c(C)c1. The average Bonchev–Trinajstić information content (AvgIpc) is 1.56. The summed E-state index contributed by atoms with van der Waals surface area (Å²) in [5.41, 5.74) is 25.3. The number of aryl methyl sites for hydroxylation is 1. The molecule has 0 amide bonds. The van der Waals surface area contributed by atoms with E-state index in [2.05, 4.69) is 349 Å². The molecule has 0 saturated carbocycles. The molecule has 0 atom stereocenters. The van der Waals surface area contributed by atoms with Gasteiger partial charge in [0.05, 0.1) is 95.8 Å². The second kappa shape index (κ2) is 21.5. The van der Waals surface area contributed by atoms with Gasteiger partial charge in [0.25, 0.3) is 0 Å².